The van der Waals surface area contributed by atoms with Crippen molar-refractivity contribution in [1.82, 2.24) is 4.98 Å². The first kappa shape index (κ1) is 14.1. The lowest BCUT2D eigenvalue weighted by molar-refractivity contribution is 0.262. The van der Waals surface area contributed by atoms with Gasteiger partial charge in [0.05, 0.1) is 0 Å². The largest absolute Gasteiger partial charge is 0.398 e. The highest BCUT2D eigenvalue weighted by Gasteiger charge is 2.23. The molecule has 1 aromatic heterocycles. The predicted octanol–water partition coefficient (Wildman–Crippen LogP) is 2.87. The summed E-state index contributed by atoms with van der Waals surface area (Å²) in [7, 11) is 0. The van der Waals surface area contributed by atoms with E-state index in [9.17, 15) is 5.11 Å². The summed E-state index contributed by atoms with van der Waals surface area (Å²) in [4.78, 5) is 6.82. The van der Waals surface area contributed by atoms with Crippen LogP contribution in [0.15, 0.2) is 24.4 Å². The molecule has 0 spiro atoms. The molecule has 1 saturated heterocycles. The maximum atomic E-state index is 9.33. The molecule has 2 heterocycles. The van der Waals surface area contributed by atoms with Gasteiger partial charge in [0.2, 0.25) is 0 Å². The number of nitrogens with zero attached hydrogens (tertiary/aromatic N) is 2. The molecular formula is C17H23N3O. The van der Waals surface area contributed by atoms with Gasteiger partial charge >= 0.3 is 0 Å². The number of aliphatic hydroxyl groups excluding tert-OH is 1. The average Bonchev–Trinajstić information content (AvgIpc) is 2.49. The maximum absolute atomic E-state index is 9.33. The van der Waals surface area contributed by atoms with Gasteiger partial charge in [-0.25, -0.2) is 0 Å². The van der Waals surface area contributed by atoms with Gasteiger partial charge in [-0.15, -0.1) is 0 Å². The first-order valence-corrected chi connectivity index (χ1v) is 7.73. The molecule has 0 saturated carbocycles. The van der Waals surface area contributed by atoms with E-state index < -0.39 is 0 Å². The third-order valence-corrected chi connectivity index (χ3v) is 4.45. The van der Waals surface area contributed by atoms with Crippen LogP contribution in [0.5, 0.6) is 0 Å². The van der Waals surface area contributed by atoms with Crippen molar-refractivity contribution < 1.29 is 5.11 Å². The Morgan fingerprint density at radius 2 is 2.19 bits per heavy atom. The molecular weight excluding hydrogens is 262 g/mol. The third kappa shape index (κ3) is 2.68. The fourth-order valence-electron chi connectivity index (χ4n) is 3.37. The molecule has 4 nitrogen and oxygen atoms in total. The van der Waals surface area contributed by atoms with Crippen LogP contribution in [0.25, 0.3) is 10.8 Å². The highest BCUT2D eigenvalue weighted by Crippen LogP contribution is 2.35. The van der Waals surface area contributed by atoms with E-state index in [0.717, 1.165) is 36.2 Å². The number of aliphatic hydroxyl groups is 1. The zero-order valence-corrected chi connectivity index (χ0v) is 12.5. The van der Waals surface area contributed by atoms with E-state index in [2.05, 4.69) is 22.0 Å². The van der Waals surface area contributed by atoms with Crippen LogP contribution in [0.4, 0.5) is 11.4 Å². The van der Waals surface area contributed by atoms with Gasteiger partial charge in [-0.05, 0) is 50.8 Å². The van der Waals surface area contributed by atoms with Crippen LogP contribution in [-0.2, 0) is 0 Å². The van der Waals surface area contributed by atoms with Gasteiger partial charge in [-0.1, -0.05) is 0 Å². The fourth-order valence-corrected chi connectivity index (χ4v) is 3.37. The average molecular weight is 285 g/mol. The van der Waals surface area contributed by atoms with Gasteiger partial charge in [0.15, 0.2) is 0 Å². The Morgan fingerprint density at radius 3 is 3.00 bits per heavy atom. The number of anilines is 2. The van der Waals surface area contributed by atoms with Crippen LogP contribution in [0.3, 0.4) is 0 Å². The van der Waals surface area contributed by atoms with Crippen LogP contribution in [-0.4, -0.2) is 29.3 Å². The smallest absolute Gasteiger partial charge is 0.0451 e. The van der Waals surface area contributed by atoms with Crippen molar-refractivity contribution >= 4 is 22.1 Å². The second-order valence-corrected chi connectivity index (χ2v) is 5.90. The molecule has 0 amide bonds. The SMILES string of the molecule is Cc1cc2c(N3CCCCC3CCO)ccc(N)c2cn1. The lowest BCUT2D eigenvalue weighted by atomic mass is 9.97. The minimum absolute atomic E-state index is 0.245. The molecule has 3 rings (SSSR count). The summed E-state index contributed by atoms with van der Waals surface area (Å²) in [5.41, 5.74) is 9.10. The monoisotopic (exact) mass is 285 g/mol. The Bertz CT molecular complexity index is 639. The molecule has 0 bridgehead atoms. The summed E-state index contributed by atoms with van der Waals surface area (Å²) in [5, 5.41) is 11.5. The van der Waals surface area contributed by atoms with E-state index in [-0.39, 0.29) is 6.61 Å². The second kappa shape index (κ2) is 5.90. The Kier molecular flexibility index (Phi) is 3.97. The number of piperidine rings is 1. The van der Waals surface area contributed by atoms with Crippen molar-refractivity contribution in [3.05, 3.63) is 30.1 Å². The molecule has 0 aliphatic carbocycles. The van der Waals surface area contributed by atoms with Crippen LogP contribution in [0, 0.1) is 6.92 Å². The topological polar surface area (TPSA) is 62.4 Å². The van der Waals surface area contributed by atoms with E-state index in [0.29, 0.717) is 6.04 Å². The summed E-state index contributed by atoms with van der Waals surface area (Å²) in [6.45, 7) is 3.30. The van der Waals surface area contributed by atoms with Gasteiger partial charge in [0.25, 0.3) is 0 Å². The number of benzene rings is 1. The third-order valence-electron chi connectivity index (χ3n) is 4.45. The van der Waals surface area contributed by atoms with E-state index in [1.54, 1.807) is 0 Å². The standard InChI is InChI=1S/C17H23N3O/c1-12-10-14-15(11-19-12)16(18)5-6-17(14)20-8-3-2-4-13(20)7-9-21/h5-6,10-11,13,21H,2-4,7-9,18H2,1H3. The van der Waals surface area contributed by atoms with Crippen molar-refractivity contribution in [2.45, 2.75) is 38.6 Å². The van der Waals surface area contributed by atoms with E-state index in [4.69, 9.17) is 5.73 Å². The van der Waals surface area contributed by atoms with Crippen LogP contribution < -0.4 is 10.6 Å². The molecule has 21 heavy (non-hydrogen) atoms. The number of hydrogen-bond donors (Lipinski definition) is 2. The van der Waals surface area contributed by atoms with Crippen LogP contribution in [0.2, 0.25) is 0 Å². The molecule has 1 unspecified atom stereocenters. The highest BCUT2D eigenvalue weighted by atomic mass is 16.3. The summed E-state index contributed by atoms with van der Waals surface area (Å²) in [6, 6.07) is 6.63. The van der Waals surface area contributed by atoms with Gasteiger partial charge in [0, 0.05) is 53.2 Å². The van der Waals surface area contributed by atoms with Crippen molar-refractivity contribution in [3.8, 4) is 0 Å². The van der Waals surface area contributed by atoms with Crippen LogP contribution >= 0.6 is 0 Å². The summed E-state index contributed by atoms with van der Waals surface area (Å²) in [5.74, 6) is 0. The molecule has 0 radical (unpaired) electrons. The molecule has 1 aliphatic rings. The zero-order valence-electron chi connectivity index (χ0n) is 12.5. The Labute approximate surface area is 125 Å². The molecule has 3 N–H and O–H groups in total. The number of aromatic nitrogens is 1. The van der Waals surface area contributed by atoms with Gasteiger partial charge in [-0.2, -0.15) is 0 Å². The second-order valence-electron chi connectivity index (χ2n) is 5.90. The fraction of sp³-hybridized carbons (Fsp3) is 0.471. The van der Waals surface area contributed by atoms with E-state index in [1.807, 2.05) is 19.2 Å². The number of fused-ring (bicyclic) bond motifs is 1. The normalized spacial score (nSPS) is 19.1. The van der Waals surface area contributed by atoms with Gasteiger partial charge in [0.1, 0.15) is 0 Å². The van der Waals surface area contributed by atoms with Crippen molar-refractivity contribution in [2.24, 2.45) is 0 Å². The van der Waals surface area contributed by atoms with Crippen molar-refractivity contribution in [1.29, 1.82) is 0 Å². The molecule has 1 fully saturated rings. The number of hydrogen-bond acceptors (Lipinski definition) is 4. The van der Waals surface area contributed by atoms with Crippen molar-refractivity contribution in [2.75, 3.05) is 23.8 Å². The number of nitrogen functional groups attached to an aromatic ring is 1. The Morgan fingerprint density at radius 1 is 1.33 bits per heavy atom. The van der Waals surface area contributed by atoms with Gasteiger partial charge in [-0.3, -0.25) is 4.98 Å². The molecule has 4 heteroatoms. The van der Waals surface area contributed by atoms with E-state index in [1.165, 1.54) is 23.9 Å². The quantitative estimate of drug-likeness (QED) is 0.851. The number of rotatable bonds is 3. The number of aryl methyl sites for hydroxylation is 1. The molecule has 2 aromatic rings. The molecule has 1 atom stereocenters. The maximum Gasteiger partial charge on any atom is 0.0451 e. The van der Waals surface area contributed by atoms with E-state index >= 15 is 0 Å². The predicted molar refractivity (Wildman–Crippen MR) is 87.6 cm³/mol. The Balaban J connectivity index is 2.10. The Hall–Kier alpha value is -1.81. The minimum atomic E-state index is 0.245. The number of pyridine rings is 1. The van der Waals surface area contributed by atoms with Crippen LogP contribution in [0.1, 0.15) is 31.4 Å². The first-order chi connectivity index (χ1) is 10.2. The molecule has 1 aliphatic heterocycles. The lowest BCUT2D eigenvalue weighted by Gasteiger charge is -2.38. The highest BCUT2D eigenvalue weighted by molar-refractivity contribution is 6.01. The van der Waals surface area contributed by atoms with Gasteiger partial charge < -0.3 is 15.7 Å². The number of nitrogens with two attached hydrogens (primary N) is 1. The first-order valence-electron chi connectivity index (χ1n) is 7.73. The zero-order chi connectivity index (χ0) is 14.8. The summed E-state index contributed by atoms with van der Waals surface area (Å²) >= 11 is 0. The van der Waals surface area contributed by atoms with Crippen molar-refractivity contribution in [3.63, 3.8) is 0 Å². The molecule has 1 aromatic carbocycles. The minimum Gasteiger partial charge on any atom is -0.398 e. The molecule has 112 valence electrons. The lowest BCUT2D eigenvalue weighted by Crippen LogP contribution is -2.40. The summed E-state index contributed by atoms with van der Waals surface area (Å²) < 4.78 is 0. The summed E-state index contributed by atoms with van der Waals surface area (Å²) in [6.07, 6.45) is 6.30.